The maximum atomic E-state index is 13.6. The summed E-state index contributed by atoms with van der Waals surface area (Å²) in [7, 11) is 0. The minimum Gasteiger partial charge on any atom is -0.480 e. The van der Waals surface area contributed by atoms with Crippen LogP contribution in [0.2, 0.25) is 0 Å². The molecule has 1 N–H and O–H groups in total. The monoisotopic (exact) mass is 234 g/mol. The molecule has 17 heavy (non-hydrogen) atoms. The van der Waals surface area contributed by atoms with E-state index in [0.29, 0.717) is 17.3 Å². The number of halogens is 1. The number of benzene rings is 1. The van der Waals surface area contributed by atoms with Gasteiger partial charge in [0.25, 0.3) is 0 Å². The summed E-state index contributed by atoms with van der Waals surface area (Å²) in [5.41, 5.74) is 0.838. The van der Waals surface area contributed by atoms with Crippen LogP contribution in [0.25, 0.3) is 11.0 Å². The molecular weight excluding hydrogens is 223 g/mol. The van der Waals surface area contributed by atoms with Crippen LogP contribution in [0.15, 0.2) is 18.2 Å². The van der Waals surface area contributed by atoms with E-state index in [-0.39, 0.29) is 12.1 Å². The molecule has 1 aliphatic rings. The number of hydrogen-bond donors (Lipinski definition) is 1. The van der Waals surface area contributed by atoms with Crippen LogP contribution >= 0.6 is 0 Å². The van der Waals surface area contributed by atoms with E-state index in [1.165, 1.54) is 6.07 Å². The van der Waals surface area contributed by atoms with Crippen LogP contribution in [0.1, 0.15) is 24.6 Å². The standard InChI is InChI=1S/C12H11FN2O2/c13-8-2-1-3-9-11(8)14-12(7-4-5-7)15(9)6-10(16)17/h1-3,7H,4-6H2,(H,16,17). The van der Waals surface area contributed by atoms with Gasteiger partial charge in [-0.25, -0.2) is 9.37 Å². The summed E-state index contributed by atoms with van der Waals surface area (Å²) in [6.45, 7) is -0.161. The van der Waals surface area contributed by atoms with Crippen LogP contribution in [-0.4, -0.2) is 20.6 Å². The summed E-state index contributed by atoms with van der Waals surface area (Å²) >= 11 is 0. The highest BCUT2D eigenvalue weighted by atomic mass is 19.1. The van der Waals surface area contributed by atoms with Crippen molar-refractivity contribution in [2.24, 2.45) is 0 Å². The van der Waals surface area contributed by atoms with E-state index < -0.39 is 11.8 Å². The number of imidazole rings is 1. The maximum Gasteiger partial charge on any atom is 0.323 e. The summed E-state index contributed by atoms with van der Waals surface area (Å²) in [6, 6.07) is 4.63. The normalized spacial score (nSPS) is 15.4. The summed E-state index contributed by atoms with van der Waals surface area (Å²) in [6.07, 6.45) is 2.01. The number of hydrogen-bond acceptors (Lipinski definition) is 2. The van der Waals surface area contributed by atoms with Gasteiger partial charge in [0.2, 0.25) is 0 Å². The molecule has 0 atom stereocenters. The van der Waals surface area contributed by atoms with Crippen molar-refractivity contribution in [2.45, 2.75) is 25.3 Å². The molecule has 88 valence electrons. The number of para-hydroxylation sites is 1. The van der Waals surface area contributed by atoms with Crippen LogP contribution < -0.4 is 0 Å². The molecule has 0 bridgehead atoms. The number of fused-ring (bicyclic) bond motifs is 1. The molecule has 1 saturated carbocycles. The van der Waals surface area contributed by atoms with Crippen LogP contribution in [-0.2, 0) is 11.3 Å². The highest BCUT2D eigenvalue weighted by Crippen LogP contribution is 2.40. The minimum atomic E-state index is -0.935. The first kappa shape index (κ1) is 10.3. The third kappa shape index (κ3) is 1.67. The second kappa shape index (κ2) is 3.55. The van der Waals surface area contributed by atoms with Crippen LogP contribution in [0.4, 0.5) is 4.39 Å². The van der Waals surface area contributed by atoms with E-state index in [1.807, 2.05) is 0 Å². The molecule has 1 aliphatic carbocycles. The fourth-order valence-corrected chi connectivity index (χ4v) is 2.09. The zero-order valence-corrected chi connectivity index (χ0v) is 9.06. The Morgan fingerprint density at radius 1 is 1.53 bits per heavy atom. The van der Waals surface area contributed by atoms with Gasteiger partial charge in [-0.15, -0.1) is 0 Å². The number of aromatic nitrogens is 2. The van der Waals surface area contributed by atoms with Crippen LogP contribution in [0, 0.1) is 5.82 Å². The molecule has 0 radical (unpaired) electrons. The van der Waals surface area contributed by atoms with Crippen molar-refractivity contribution >= 4 is 17.0 Å². The Kier molecular flexibility index (Phi) is 2.14. The van der Waals surface area contributed by atoms with Gasteiger partial charge in [0.15, 0.2) is 5.82 Å². The van der Waals surface area contributed by atoms with Gasteiger partial charge >= 0.3 is 5.97 Å². The van der Waals surface area contributed by atoms with Crippen molar-refractivity contribution in [3.63, 3.8) is 0 Å². The largest absolute Gasteiger partial charge is 0.480 e. The molecule has 0 saturated heterocycles. The lowest BCUT2D eigenvalue weighted by molar-refractivity contribution is -0.137. The quantitative estimate of drug-likeness (QED) is 0.885. The van der Waals surface area contributed by atoms with E-state index >= 15 is 0 Å². The number of aliphatic carboxylic acids is 1. The highest BCUT2D eigenvalue weighted by molar-refractivity contribution is 5.79. The Balaban J connectivity index is 2.23. The molecule has 1 aromatic heterocycles. The first-order valence-corrected chi connectivity index (χ1v) is 5.53. The van der Waals surface area contributed by atoms with Gasteiger partial charge in [-0.3, -0.25) is 4.79 Å². The first-order chi connectivity index (χ1) is 8.16. The van der Waals surface area contributed by atoms with Crippen molar-refractivity contribution in [1.29, 1.82) is 0 Å². The number of carbonyl (C=O) groups is 1. The lowest BCUT2D eigenvalue weighted by atomic mass is 10.3. The van der Waals surface area contributed by atoms with E-state index in [0.717, 1.165) is 12.8 Å². The molecule has 1 heterocycles. The van der Waals surface area contributed by atoms with Crippen molar-refractivity contribution in [2.75, 3.05) is 0 Å². The fourth-order valence-electron chi connectivity index (χ4n) is 2.09. The molecule has 4 nitrogen and oxygen atoms in total. The molecule has 1 aromatic carbocycles. The number of carboxylic acid groups (broad SMARTS) is 1. The summed E-state index contributed by atoms with van der Waals surface area (Å²) < 4.78 is 15.2. The minimum absolute atomic E-state index is 0.161. The molecule has 2 aromatic rings. The van der Waals surface area contributed by atoms with Gasteiger partial charge in [-0.05, 0) is 25.0 Å². The molecule has 0 amide bonds. The van der Waals surface area contributed by atoms with Gasteiger partial charge in [-0.2, -0.15) is 0 Å². The van der Waals surface area contributed by atoms with Crippen molar-refractivity contribution in [3.05, 3.63) is 29.8 Å². The molecular formula is C12H11FN2O2. The van der Waals surface area contributed by atoms with Gasteiger partial charge in [0.05, 0.1) is 5.52 Å². The molecule has 0 spiro atoms. The average molecular weight is 234 g/mol. The topological polar surface area (TPSA) is 55.1 Å². The Hall–Kier alpha value is -1.91. The predicted octanol–water partition coefficient (Wildman–Crippen LogP) is 2.14. The Labute approximate surface area is 96.7 Å². The van der Waals surface area contributed by atoms with Crippen LogP contribution in [0.3, 0.4) is 0 Å². The summed E-state index contributed by atoms with van der Waals surface area (Å²) in [5, 5.41) is 8.90. The summed E-state index contributed by atoms with van der Waals surface area (Å²) in [5.74, 6) is -0.336. The molecule has 0 aliphatic heterocycles. The predicted molar refractivity (Wildman–Crippen MR) is 59.3 cm³/mol. The van der Waals surface area contributed by atoms with Gasteiger partial charge in [0.1, 0.15) is 17.9 Å². The van der Waals surface area contributed by atoms with Gasteiger partial charge < -0.3 is 9.67 Å². The second-order valence-corrected chi connectivity index (χ2v) is 4.33. The smallest absolute Gasteiger partial charge is 0.323 e. The van der Waals surface area contributed by atoms with Gasteiger partial charge in [0, 0.05) is 5.92 Å². The number of carboxylic acids is 1. The van der Waals surface area contributed by atoms with E-state index in [9.17, 15) is 9.18 Å². The van der Waals surface area contributed by atoms with E-state index in [2.05, 4.69) is 4.98 Å². The van der Waals surface area contributed by atoms with Crippen molar-refractivity contribution < 1.29 is 14.3 Å². The Morgan fingerprint density at radius 2 is 2.29 bits per heavy atom. The average Bonchev–Trinajstić information content (AvgIpc) is 3.04. The van der Waals surface area contributed by atoms with Crippen molar-refractivity contribution in [3.8, 4) is 0 Å². The van der Waals surface area contributed by atoms with Gasteiger partial charge in [-0.1, -0.05) is 6.07 Å². The SMILES string of the molecule is O=C(O)Cn1c(C2CC2)nc2c(F)cccc21. The Morgan fingerprint density at radius 3 is 2.94 bits per heavy atom. The Bertz CT molecular complexity index is 602. The number of nitrogens with zero attached hydrogens (tertiary/aromatic N) is 2. The third-order valence-corrected chi connectivity index (χ3v) is 3.00. The van der Waals surface area contributed by atoms with E-state index in [1.54, 1.807) is 16.7 Å². The molecule has 5 heteroatoms. The maximum absolute atomic E-state index is 13.6. The number of rotatable bonds is 3. The second-order valence-electron chi connectivity index (χ2n) is 4.33. The van der Waals surface area contributed by atoms with Crippen molar-refractivity contribution in [1.82, 2.24) is 9.55 Å². The van der Waals surface area contributed by atoms with Crippen LogP contribution in [0.5, 0.6) is 0 Å². The molecule has 3 rings (SSSR count). The summed E-state index contributed by atoms with van der Waals surface area (Å²) in [4.78, 5) is 15.1. The lowest BCUT2D eigenvalue weighted by Gasteiger charge is -2.04. The zero-order valence-electron chi connectivity index (χ0n) is 9.06. The zero-order chi connectivity index (χ0) is 12.0. The molecule has 1 fully saturated rings. The lowest BCUT2D eigenvalue weighted by Crippen LogP contribution is -2.11. The highest BCUT2D eigenvalue weighted by Gasteiger charge is 2.30. The third-order valence-electron chi connectivity index (χ3n) is 3.00. The fraction of sp³-hybridized carbons (Fsp3) is 0.333. The first-order valence-electron chi connectivity index (χ1n) is 5.53. The molecule has 0 unspecified atom stereocenters. The van der Waals surface area contributed by atoms with E-state index in [4.69, 9.17) is 5.11 Å².